The van der Waals surface area contributed by atoms with Gasteiger partial charge in [0, 0.05) is 6.54 Å². The van der Waals surface area contributed by atoms with Crippen LogP contribution in [-0.2, 0) is 24.0 Å². The molecule has 0 spiro atoms. The van der Waals surface area contributed by atoms with Crippen LogP contribution in [0.4, 0.5) is 0 Å². The van der Waals surface area contributed by atoms with Gasteiger partial charge >= 0.3 is 5.97 Å². The van der Waals surface area contributed by atoms with Crippen LogP contribution in [0.15, 0.2) is 0 Å². The topological polar surface area (TPSA) is 205 Å². The molecule has 0 aromatic heterocycles. The molecule has 1 aliphatic heterocycles. The Morgan fingerprint density at radius 2 is 1.77 bits per heavy atom. The van der Waals surface area contributed by atoms with Crippen molar-refractivity contribution >= 4 is 29.6 Å². The van der Waals surface area contributed by atoms with E-state index in [9.17, 15) is 34.2 Å². The fraction of sp³-hybridized carbons (Fsp3) is 0.737. The second-order valence-electron chi connectivity index (χ2n) is 7.90. The summed E-state index contributed by atoms with van der Waals surface area (Å²) in [6.07, 6.45) is -0.360. The maximum absolute atomic E-state index is 12.8. The van der Waals surface area contributed by atoms with E-state index in [0.717, 1.165) is 0 Å². The Morgan fingerprint density at radius 1 is 1.16 bits per heavy atom. The van der Waals surface area contributed by atoms with Crippen molar-refractivity contribution in [1.82, 2.24) is 15.5 Å². The highest BCUT2D eigenvalue weighted by Crippen LogP contribution is 2.19. The minimum absolute atomic E-state index is 0.249. The largest absolute Gasteiger partial charge is 0.480 e. The number of likely N-dealkylation sites (tertiary alicyclic amines) is 1. The highest BCUT2D eigenvalue weighted by Gasteiger charge is 2.39. The number of carboxylic acids is 1. The van der Waals surface area contributed by atoms with Gasteiger partial charge in [0.25, 0.3) is 0 Å². The van der Waals surface area contributed by atoms with Crippen molar-refractivity contribution in [3.05, 3.63) is 0 Å². The van der Waals surface area contributed by atoms with E-state index in [2.05, 4.69) is 10.6 Å². The first-order valence-electron chi connectivity index (χ1n) is 10.3. The molecule has 12 heteroatoms. The van der Waals surface area contributed by atoms with Crippen LogP contribution >= 0.6 is 0 Å². The van der Waals surface area contributed by atoms with Crippen LogP contribution in [-0.4, -0.2) is 81.5 Å². The number of hydrogen-bond donors (Lipinski definition) is 6. The Morgan fingerprint density at radius 3 is 2.26 bits per heavy atom. The molecule has 0 aromatic carbocycles. The third-order valence-corrected chi connectivity index (χ3v) is 5.46. The molecule has 8 N–H and O–H groups in total. The standard InChI is InChI=1S/C19H33N5O7/c1-4-9(2)15(19(30)31)23-16(27)11(8-13(20)26)22-17(28)12-6-5-7-24(12)18(29)14(21)10(3)25/h9-12,14-15,25H,4-8,21H2,1-3H3,(H2,20,26)(H,22,28)(H,23,27)(H,30,31). The van der Waals surface area contributed by atoms with Gasteiger partial charge in [0.05, 0.1) is 12.5 Å². The van der Waals surface area contributed by atoms with E-state index < -0.39 is 72.2 Å². The normalized spacial score (nSPS) is 20.8. The lowest BCUT2D eigenvalue weighted by atomic mass is 9.98. The third kappa shape index (κ3) is 7.17. The first-order valence-corrected chi connectivity index (χ1v) is 10.3. The number of rotatable bonds is 11. The molecule has 0 aromatic rings. The number of nitrogens with two attached hydrogens (primary N) is 2. The van der Waals surface area contributed by atoms with E-state index in [4.69, 9.17) is 11.5 Å². The molecule has 6 unspecified atom stereocenters. The molecule has 1 fully saturated rings. The van der Waals surface area contributed by atoms with Gasteiger partial charge in [0.15, 0.2) is 0 Å². The number of carbonyl (C=O) groups excluding carboxylic acids is 4. The lowest BCUT2D eigenvalue weighted by Crippen LogP contribution is -2.58. The van der Waals surface area contributed by atoms with E-state index >= 15 is 0 Å². The number of primary amides is 1. The lowest BCUT2D eigenvalue weighted by molar-refractivity contribution is -0.144. The Labute approximate surface area is 180 Å². The number of carboxylic acid groups (broad SMARTS) is 1. The number of nitrogens with one attached hydrogen (secondary N) is 2. The molecule has 0 bridgehead atoms. The molecule has 1 rings (SSSR count). The zero-order valence-corrected chi connectivity index (χ0v) is 18.0. The smallest absolute Gasteiger partial charge is 0.326 e. The molecule has 4 amide bonds. The van der Waals surface area contributed by atoms with Crippen LogP contribution in [0.3, 0.4) is 0 Å². The molecule has 1 heterocycles. The van der Waals surface area contributed by atoms with Gasteiger partial charge in [-0.25, -0.2) is 4.79 Å². The predicted octanol–water partition coefficient (Wildman–Crippen LogP) is -2.34. The Kier molecular flexibility index (Phi) is 9.85. The van der Waals surface area contributed by atoms with Gasteiger partial charge in [-0.3, -0.25) is 19.2 Å². The van der Waals surface area contributed by atoms with Crippen LogP contribution in [0.2, 0.25) is 0 Å². The summed E-state index contributed by atoms with van der Waals surface area (Å²) in [4.78, 5) is 62.1. The van der Waals surface area contributed by atoms with Gasteiger partial charge < -0.3 is 37.2 Å². The monoisotopic (exact) mass is 443 g/mol. The van der Waals surface area contributed by atoms with E-state index in [1.54, 1.807) is 13.8 Å². The summed E-state index contributed by atoms with van der Waals surface area (Å²) < 4.78 is 0. The summed E-state index contributed by atoms with van der Waals surface area (Å²) in [5.74, 6) is -4.67. The highest BCUT2D eigenvalue weighted by molar-refractivity contribution is 5.96. The van der Waals surface area contributed by atoms with Crippen LogP contribution in [0.1, 0.15) is 46.5 Å². The van der Waals surface area contributed by atoms with Gasteiger partial charge in [0.2, 0.25) is 23.6 Å². The van der Waals surface area contributed by atoms with Crippen molar-refractivity contribution in [3.63, 3.8) is 0 Å². The van der Waals surface area contributed by atoms with E-state index in [0.29, 0.717) is 19.3 Å². The molecule has 1 saturated heterocycles. The number of aliphatic hydroxyl groups excluding tert-OH is 1. The summed E-state index contributed by atoms with van der Waals surface area (Å²) in [6, 6.07) is -4.76. The fourth-order valence-electron chi connectivity index (χ4n) is 3.32. The van der Waals surface area contributed by atoms with Crippen molar-refractivity contribution in [3.8, 4) is 0 Å². The van der Waals surface area contributed by atoms with Crippen molar-refractivity contribution in [1.29, 1.82) is 0 Å². The fourth-order valence-corrected chi connectivity index (χ4v) is 3.32. The van der Waals surface area contributed by atoms with Crippen molar-refractivity contribution < 1.29 is 34.2 Å². The molecule has 1 aliphatic rings. The van der Waals surface area contributed by atoms with Gasteiger partial charge in [-0.1, -0.05) is 20.3 Å². The maximum Gasteiger partial charge on any atom is 0.326 e. The molecular formula is C19H33N5O7. The first kappa shape index (κ1) is 26.3. The minimum atomic E-state index is -1.40. The number of nitrogens with zero attached hydrogens (tertiary/aromatic N) is 1. The number of amides is 4. The summed E-state index contributed by atoms with van der Waals surface area (Å²) in [5.41, 5.74) is 10.9. The van der Waals surface area contributed by atoms with E-state index in [1.165, 1.54) is 11.8 Å². The van der Waals surface area contributed by atoms with Crippen LogP contribution in [0, 0.1) is 5.92 Å². The third-order valence-electron chi connectivity index (χ3n) is 5.46. The lowest BCUT2D eigenvalue weighted by Gasteiger charge is -2.29. The molecule has 31 heavy (non-hydrogen) atoms. The summed E-state index contributed by atoms with van der Waals surface area (Å²) in [5, 5.41) is 23.7. The zero-order chi connectivity index (χ0) is 23.9. The summed E-state index contributed by atoms with van der Waals surface area (Å²) >= 11 is 0. The van der Waals surface area contributed by atoms with Gasteiger partial charge in [-0.15, -0.1) is 0 Å². The minimum Gasteiger partial charge on any atom is -0.480 e. The molecule has 6 atom stereocenters. The van der Waals surface area contributed by atoms with Crippen LogP contribution in [0.25, 0.3) is 0 Å². The first-order chi connectivity index (χ1) is 14.4. The van der Waals surface area contributed by atoms with Crippen molar-refractivity contribution in [2.45, 2.75) is 76.7 Å². The van der Waals surface area contributed by atoms with Gasteiger partial charge in [0.1, 0.15) is 24.2 Å². The zero-order valence-electron chi connectivity index (χ0n) is 18.0. The van der Waals surface area contributed by atoms with Crippen molar-refractivity contribution in [2.24, 2.45) is 17.4 Å². The number of carbonyl (C=O) groups is 5. The van der Waals surface area contributed by atoms with E-state index in [-0.39, 0.29) is 6.54 Å². The second-order valence-corrected chi connectivity index (χ2v) is 7.90. The second kappa shape index (κ2) is 11.6. The molecule has 0 saturated carbocycles. The van der Waals surface area contributed by atoms with Gasteiger partial charge in [-0.05, 0) is 25.7 Å². The molecule has 12 nitrogen and oxygen atoms in total. The van der Waals surface area contributed by atoms with Gasteiger partial charge in [-0.2, -0.15) is 0 Å². The molecule has 0 radical (unpaired) electrons. The number of aliphatic carboxylic acids is 1. The van der Waals surface area contributed by atoms with Crippen LogP contribution < -0.4 is 22.1 Å². The molecule has 176 valence electrons. The van der Waals surface area contributed by atoms with Crippen LogP contribution in [0.5, 0.6) is 0 Å². The molecular weight excluding hydrogens is 410 g/mol. The molecule has 0 aliphatic carbocycles. The average Bonchev–Trinajstić information content (AvgIpc) is 3.18. The van der Waals surface area contributed by atoms with Crippen molar-refractivity contribution in [2.75, 3.05) is 6.54 Å². The highest BCUT2D eigenvalue weighted by atomic mass is 16.4. The SMILES string of the molecule is CCC(C)C(NC(=O)C(CC(N)=O)NC(=O)C1CCCN1C(=O)C(N)C(C)O)C(=O)O. The Hall–Kier alpha value is -2.73. The average molecular weight is 444 g/mol. The summed E-state index contributed by atoms with van der Waals surface area (Å²) in [6.45, 7) is 5.02. The number of aliphatic hydroxyl groups is 1. The quantitative estimate of drug-likeness (QED) is 0.203. The maximum atomic E-state index is 12.8. The summed E-state index contributed by atoms with van der Waals surface area (Å²) in [7, 11) is 0. The Balaban J connectivity index is 2.96. The predicted molar refractivity (Wildman–Crippen MR) is 109 cm³/mol. The van der Waals surface area contributed by atoms with E-state index in [1.807, 2.05) is 0 Å². The number of hydrogen-bond acceptors (Lipinski definition) is 7. The Bertz CT molecular complexity index is 699.